The summed E-state index contributed by atoms with van der Waals surface area (Å²) in [5.74, 6) is 0.163. The standard InChI is InChI=1S/C19H21NO4/c1-13-8-9-15(19(22)23-3)12-16(13)20-18(21)10-11-24-17-7-5-4-6-14(17)2/h4-9,12H,10-11H2,1-3H3,(H,20,21). The number of aryl methyl sites for hydroxylation is 2. The van der Waals surface area contributed by atoms with Gasteiger partial charge in [-0.3, -0.25) is 4.79 Å². The third-order valence-electron chi connectivity index (χ3n) is 3.61. The number of carbonyl (C=O) groups excluding carboxylic acids is 2. The Kier molecular flexibility index (Phi) is 5.95. The van der Waals surface area contributed by atoms with Gasteiger partial charge in [0.2, 0.25) is 5.91 Å². The van der Waals surface area contributed by atoms with Crippen LogP contribution in [0.25, 0.3) is 0 Å². The van der Waals surface area contributed by atoms with E-state index < -0.39 is 5.97 Å². The maximum Gasteiger partial charge on any atom is 0.337 e. The number of amides is 1. The van der Waals surface area contributed by atoms with Crippen molar-refractivity contribution < 1.29 is 19.1 Å². The zero-order valence-corrected chi connectivity index (χ0v) is 14.1. The van der Waals surface area contributed by atoms with E-state index in [1.165, 1.54) is 7.11 Å². The van der Waals surface area contributed by atoms with Gasteiger partial charge in [-0.1, -0.05) is 24.3 Å². The summed E-state index contributed by atoms with van der Waals surface area (Å²) in [6.07, 6.45) is 0.218. The molecule has 0 saturated carbocycles. The molecule has 0 bridgehead atoms. The molecule has 0 radical (unpaired) electrons. The minimum Gasteiger partial charge on any atom is -0.493 e. The highest BCUT2D eigenvalue weighted by molar-refractivity contribution is 5.95. The first kappa shape index (κ1) is 17.5. The van der Waals surface area contributed by atoms with Crippen LogP contribution in [0.3, 0.4) is 0 Å². The van der Waals surface area contributed by atoms with E-state index in [-0.39, 0.29) is 18.9 Å². The summed E-state index contributed by atoms with van der Waals surface area (Å²) >= 11 is 0. The third-order valence-corrected chi connectivity index (χ3v) is 3.61. The van der Waals surface area contributed by atoms with Crippen LogP contribution in [0.2, 0.25) is 0 Å². The molecule has 0 aliphatic carbocycles. The van der Waals surface area contributed by atoms with E-state index in [2.05, 4.69) is 10.1 Å². The summed E-state index contributed by atoms with van der Waals surface area (Å²) in [6, 6.07) is 12.7. The van der Waals surface area contributed by atoms with Gasteiger partial charge < -0.3 is 14.8 Å². The smallest absolute Gasteiger partial charge is 0.337 e. The lowest BCUT2D eigenvalue weighted by Crippen LogP contribution is -2.16. The van der Waals surface area contributed by atoms with Crippen LogP contribution in [0.15, 0.2) is 42.5 Å². The Morgan fingerprint density at radius 3 is 2.50 bits per heavy atom. The molecule has 0 atom stereocenters. The van der Waals surface area contributed by atoms with E-state index in [0.29, 0.717) is 11.3 Å². The molecular formula is C19H21NO4. The van der Waals surface area contributed by atoms with Gasteiger partial charge in [0.05, 0.1) is 25.7 Å². The molecule has 2 aromatic carbocycles. The monoisotopic (exact) mass is 327 g/mol. The fourth-order valence-corrected chi connectivity index (χ4v) is 2.19. The van der Waals surface area contributed by atoms with Gasteiger partial charge in [0.25, 0.3) is 0 Å². The van der Waals surface area contributed by atoms with Crippen molar-refractivity contribution in [2.75, 3.05) is 19.0 Å². The maximum atomic E-state index is 12.1. The molecule has 0 aliphatic heterocycles. The molecule has 5 heteroatoms. The highest BCUT2D eigenvalue weighted by Crippen LogP contribution is 2.19. The molecule has 0 aromatic heterocycles. The second-order valence-corrected chi connectivity index (χ2v) is 5.43. The van der Waals surface area contributed by atoms with Gasteiger partial charge in [-0.05, 0) is 43.2 Å². The van der Waals surface area contributed by atoms with Gasteiger partial charge in [0, 0.05) is 5.69 Å². The molecule has 0 fully saturated rings. The van der Waals surface area contributed by atoms with Crippen LogP contribution in [0, 0.1) is 13.8 Å². The summed E-state index contributed by atoms with van der Waals surface area (Å²) < 4.78 is 10.3. The Labute approximate surface area is 141 Å². The third kappa shape index (κ3) is 4.59. The first-order chi connectivity index (χ1) is 11.5. The van der Waals surface area contributed by atoms with Gasteiger partial charge in [-0.2, -0.15) is 0 Å². The van der Waals surface area contributed by atoms with E-state index in [9.17, 15) is 9.59 Å². The number of nitrogens with one attached hydrogen (secondary N) is 1. The van der Waals surface area contributed by atoms with Gasteiger partial charge >= 0.3 is 5.97 Å². The lowest BCUT2D eigenvalue weighted by atomic mass is 10.1. The molecule has 0 saturated heterocycles. The number of methoxy groups -OCH3 is 1. The Morgan fingerprint density at radius 2 is 1.79 bits per heavy atom. The molecule has 0 aliphatic rings. The lowest BCUT2D eigenvalue weighted by molar-refractivity contribution is -0.116. The van der Waals surface area contributed by atoms with Gasteiger partial charge in [0.15, 0.2) is 0 Å². The summed E-state index contributed by atoms with van der Waals surface area (Å²) in [4.78, 5) is 23.7. The molecule has 2 aromatic rings. The number of hydrogen-bond donors (Lipinski definition) is 1. The van der Waals surface area contributed by atoms with Crippen molar-refractivity contribution in [3.63, 3.8) is 0 Å². The van der Waals surface area contributed by atoms with Crippen molar-refractivity contribution in [3.8, 4) is 5.75 Å². The quantitative estimate of drug-likeness (QED) is 0.825. The topological polar surface area (TPSA) is 64.6 Å². The van der Waals surface area contributed by atoms with Gasteiger partial charge in [-0.15, -0.1) is 0 Å². The highest BCUT2D eigenvalue weighted by Gasteiger charge is 2.10. The van der Waals surface area contributed by atoms with E-state index in [1.807, 2.05) is 38.1 Å². The first-order valence-corrected chi connectivity index (χ1v) is 7.68. The van der Waals surface area contributed by atoms with Crippen LogP contribution in [0.1, 0.15) is 27.9 Å². The van der Waals surface area contributed by atoms with Crippen molar-refractivity contribution in [3.05, 3.63) is 59.2 Å². The molecule has 0 spiro atoms. The summed E-state index contributed by atoms with van der Waals surface area (Å²) in [5, 5.41) is 2.80. The van der Waals surface area contributed by atoms with E-state index in [1.54, 1.807) is 18.2 Å². The highest BCUT2D eigenvalue weighted by atomic mass is 16.5. The molecule has 2 rings (SSSR count). The Bertz CT molecular complexity index is 740. The molecule has 24 heavy (non-hydrogen) atoms. The summed E-state index contributed by atoms with van der Waals surface area (Å²) in [5.41, 5.74) is 2.89. The number of para-hydroxylation sites is 1. The Balaban J connectivity index is 1.92. The number of esters is 1. The van der Waals surface area contributed by atoms with Crippen molar-refractivity contribution in [2.24, 2.45) is 0 Å². The number of benzene rings is 2. The fraction of sp³-hybridized carbons (Fsp3) is 0.263. The lowest BCUT2D eigenvalue weighted by Gasteiger charge is -2.11. The Morgan fingerprint density at radius 1 is 1.04 bits per heavy atom. The number of anilines is 1. The number of rotatable bonds is 6. The van der Waals surface area contributed by atoms with Crippen molar-refractivity contribution in [1.82, 2.24) is 0 Å². The molecule has 5 nitrogen and oxygen atoms in total. The molecular weight excluding hydrogens is 306 g/mol. The van der Waals surface area contributed by atoms with Gasteiger partial charge in [-0.25, -0.2) is 4.79 Å². The van der Waals surface area contributed by atoms with Crippen LogP contribution in [-0.4, -0.2) is 25.6 Å². The molecule has 1 N–H and O–H groups in total. The average molecular weight is 327 g/mol. The zero-order chi connectivity index (χ0) is 17.5. The van der Waals surface area contributed by atoms with E-state index >= 15 is 0 Å². The van der Waals surface area contributed by atoms with Crippen LogP contribution >= 0.6 is 0 Å². The first-order valence-electron chi connectivity index (χ1n) is 7.68. The zero-order valence-electron chi connectivity index (χ0n) is 14.1. The van der Waals surface area contributed by atoms with Crippen LogP contribution < -0.4 is 10.1 Å². The maximum absolute atomic E-state index is 12.1. The number of hydrogen-bond acceptors (Lipinski definition) is 4. The minimum absolute atomic E-state index is 0.172. The molecule has 126 valence electrons. The molecule has 1 amide bonds. The largest absolute Gasteiger partial charge is 0.493 e. The minimum atomic E-state index is -0.437. The second kappa shape index (κ2) is 8.15. The van der Waals surface area contributed by atoms with E-state index in [0.717, 1.165) is 16.9 Å². The predicted octanol–water partition coefficient (Wildman–Crippen LogP) is 3.50. The summed E-state index contributed by atoms with van der Waals surface area (Å²) in [7, 11) is 1.32. The van der Waals surface area contributed by atoms with Crippen molar-refractivity contribution in [2.45, 2.75) is 20.3 Å². The molecule has 0 heterocycles. The second-order valence-electron chi connectivity index (χ2n) is 5.43. The van der Waals surface area contributed by atoms with Crippen molar-refractivity contribution >= 4 is 17.6 Å². The SMILES string of the molecule is COC(=O)c1ccc(C)c(NC(=O)CCOc2ccccc2C)c1. The molecule has 0 unspecified atom stereocenters. The van der Waals surface area contributed by atoms with Crippen LogP contribution in [-0.2, 0) is 9.53 Å². The normalized spacial score (nSPS) is 10.1. The fourth-order valence-electron chi connectivity index (χ4n) is 2.19. The Hall–Kier alpha value is -2.82. The van der Waals surface area contributed by atoms with E-state index in [4.69, 9.17) is 4.74 Å². The number of carbonyl (C=O) groups is 2. The van der Waals surface area contributed by atoms with Crippen LogP contribution in [0.5, 0.6) is 5.75 Å². The predicted molar refractivity (Wildman–Crippen MR) is 92.4 cm³/mol. The van der Waals surface area contributed by atoms with Gasteiger partial charge in [0.1, 0.15) is 5.75 Å². The van der Waals surface area contributed by atoms with Crippen molar-refractivity contribution in [1.29, 1.82) is 0 Å². The van der Waals surface area contributed by atoms with Crippen LogP contribution in [0.4, 0.5) is 5.69 Å². The average Bonchev–Trinajstić information content (AvgIpc) is 2.58. The number of ether oxygens (including phenoxy) is 2. The summed E-state index contributed by atoms with van der Waals surface area (Å²) in [6.45, 7) is 4.10.